The van der Waals surface area contributed by atoms with Gasteiger partial charge in [0.25, 0.3) is 0 Å². The summed E-state index contributed by atoms with van der Waals surface area (Å²) in [6.45, 7) is 3.18. The number of methoxy groups -OCH3 is 1. The molecule has 70 valence electrons. The Morgan fingerprint density at radius 3 is 3.00 bits per heavy atom. The molecule has 12 heavy (non-hydrogen) atoms. The van der Waals surface area contributed by atoms with Gasteiger partial charge in [-0.15, -0.1) is 0 Å². The molecule has 2 nitrogen and oxygen atoms in total. The number of nitrogens with zero attached hydrogens (tertiary/aromatic N) is 1. The lowest BCUT2D eigenvalue weighted by atomic mass is 9.98. The standard InChI is InChI=1S/C10H19NO/c1-3-6-9-7-4-5-8-11-10(9)12-2/h9H,3-8H2,1-2H3. The van der Waals surface area contributed by atoms with Crippen LogP contribution in [0.1, 0.15) is 39.0 Å². The molecule has 0 fully saturated rings. The second kappa shape index (κ2) is 5.18. The molecule has 1 unspecified atom stereocenters. The molecule has 0 saturated heterocycles. The molecule has 2 heteroatoms. The molecule has 0 aromatic heterocycles. The first kappa shape index (κ1) is 9.56. The molecular weight excluding hydrogens is 150 g/mol. The third-order valence-electron chi connectivity index (χ3n) is 2.42. The van der Waals surface area contributed by atoms with E-state index in [1.165, 1.54) is 32.1 Å². The lowest BCUT2D eigenvalue weighted by Crippen LogP contribution is -2.15. The van der Waals surface area contributed by atoms with Gasteiger partial charge in [-0.1, -0.05) is 19.8 Å². The second-order valence-electron chi connectivity index (χ2n) is 3.41. The van der Waals surface area contributed by atoms with Crippen LogP contribution in [0.2, 0.25) is 0 Å². The van der Waals surface area contributed by atoms with E-state index in [1.54, 1.807) is 7.11 Å². The fourth-order valence-electron chi connectivity index (χ4n) is 1.79. The average Bonchev–Trinajstić information content (AvgIpc) is 2.30. The van der Waals surface area contributed by atoms with E-state index in [9.17, 15) is 0 Å². The Kier molecular flexibility index (Phi) is 4.12. The molecule has 0 amide bonds. The molecule has 1 aliphatic rings. The highest BCUT2D eigenvalue weighted by Gasteiger charge is 2.17. The van der Waals surface area contributed by atoms with Gasteiger partial charge in [-0.25, -0.2) is 0 Å². The first-order valence-electron chi connectivity index (χ1n) is 4.96. The van der Waals surface area contributed by atoms with Crippen molar-refractivity contribution in [1.29, 1.82) is 0 Å². The molecule has 0 radical (unpaired) electrons. The highest BCUT2D eigenvalue weighted by atomic mass is 16.5. The summed E-state index contributed by atoms with van der Waals surface area (Å²) in [6, 6.07) is 0. The van der Waals surface area contributed by atoms with Crippen molar-refractivity contribution in [3.8, 4) is 0 Å². The number of hydrogen-bond acceptors (Lipinski definition) is 2. The molecule has 1 aliphatic heterocycles. The first-order valence-corrected chi connectivity index (χ1v) is 4.96. The van der Waals surface area contributed by atoms with Crippen molar-refractivity contribution < 1.29 is 4.74 Å². The van der Waals surface area contributed by atoms with E-state index < -0.39 is 0 Å². The van der Waals surface area contributed by atoms with Crippen molar-refractivity contribution in [1.82, 2.24) is 0 Å². The number of aliphatic imine (C=N–C) groups is 1. The van der Waals surface area contributed by atoms with E-state index in [4.69, 9.17) is 4.74 Å². The molecule has 0 spiro atoms. The lowest BCUT2D eigenvalue weighted by molar-refractivity contribution is 0.352. The van der Waals surface area contributed by atoms with Gasteiger partial charge in [-0.3, -0.25) is 4.99 Å². The summed E-state index contributed by atoms with van der Waals surface area (Å²) >= 11 is 0. The molecule has 0 bridgehead atoms. The van der Waals surface area contributed by atoms with Crippen molar-refractivity contribution in [2.75, 3.05) is 13.7 Å². The fourth-order valence-corrected chi connectivity index (χ4v) is 1.79. The van der Waals surface area contributed by atoms with E-state index in [-0.39, 0.29) is 0 Å². The Morgan fingerprint density at radius 2 is 2.33 bits per heavy atom. The van der Waals surface area contributed by atoms with Crippen molar-refractivity contribution in [2.24, 2.45) is 10.9 Å². The molecule has 0 aromatic rings. The van der Waals surface area contributed by atoms with Gasteiger partial charge >= 0.3 is 0 Å². The van der Waals surface area contributed by atoms with E-state index >= 15 is 0 Å². The Morgan fingerprint density at radius 1 is 1.50 bits per heavy atom. The van der Waals surface area contributed by atoms with Crippen LogP contribution in [-0.4, -0.2) is 19.6 Å². The number of rotatable bonds is 2. The van der Waals surface area contributed by atoms with Crippen molar-refractivity contribution in [3.63, 3.8) is 0 Å². The Bertz CT molecular complexity index is 154. The van der Waals surface area contributed by atoms with Crippen LogP contribution in [0, 0.1) is 5.92 Å². The van der Waals surface area contributed by atoms with Crippen molar-refractivity contribution >= 4 is 5.90 Å². The molecular formula is C10H19NO. The summed E-state index contributed by atoms with van der Waals surface area (Å²) in [5.41, 5.74) is 0. The van der Waals surface area contributed by atoms with E-state index in [2.05, 4.69) is 11.9 Å². The topological polar surface area (TPSA) is 21.6 Å². The monoisotopic (exact) mass is 169 g/mol. The van der Waals surface area contributed by atoms with Gasteiger partial charge in [0.1, 0.15) is 0 Å². The van der Waals surface area contributed by atoms with Crippen molar-refractivity contribution in [2.45, 2.75) is 39.0 Å². The molecule has 1 rings (SSSR count). The Hall–Kier alpha value is -0.530. The maximum Gasteiger partial charge on any atom is 0.186 e. The number of ether oxygens (including phenoxy) is 1. The molecule has 1 atom stereocenters. The zero-order chi connectivity index (χ0) is 8.81. The zero-order valence-electron chi connectivity index (χ0n) is 8.18. The van der Waals surface area contributed by atoms with Crippen LogP contribution in [0.25, 0.3) is 0 Å². The van der Waals surface area contributed by atoms with Crippen LogP contribution >= 0.6 is 0 Å². The maximum atomic E-state index is 5.29. The van der Waals surface area contributed by atoms with Gasteiger partial charge in [-0.2, -0.15) is 0 Å². The largest absolute Gasteiger partial charge is 0.484 e. The third kappa shape index (κ3) is 2.50. The smallest absolute Gasteiger partial charge is 0.186 e. The fraction of sp³-hybridized carbons (Fsp3) is 0.900. The first-order chi connectivity index (χ1) is 5.88. The van der Waals surface area contributed by atoms with Crippen LogP contribution in [0.5, 0.6) is 0 Å². The second-order valence-corrected chi connectivity index (χ2v) is 3.41. The van der Waals surface area contributed by atoms with E-state index in [1.807, 2.05) is 0 Å². The molecule has 0 N–H and O–H groups in total. The van der Waals surface area contributed by atoms with Gasteiger partial charge in [0.15, 0.2) is 5.90 Å². The van der Waals surface area contributed by atoms with E-state index in [0.29, 0.717) is 5.92 Å². The summed E-state index contributed by atoms with van der Waals surface area (Å²) in [4.78, 5) is 4.44. The molecule has 1 heterocycles. The highest BCUT2D eigenvalue weighted by Crippen LogP contribution is 2.20. The molecule has 0 aromatic carbocycles. The normalized spacial score (nSPS) is 24.5. The van der Waals surface area contributed by atoms with Crippen LogP contribution in [0.15, 0.2) is 4.99 Å². The van der Waals surface area contributed by atoms with Crippen LogP contribution in [0.4, 0.5) is 0 Å². The summed E-state index contributed by atoms with van der Waals surface area (Å²) in [6.07, 6.45) is 6.26. The summed E-state index contributed by atoms with van der Waals surface area (Å²) < 4.78 is 5.29. The van der Waals surface area contributed by atoms with E-state index in [0.717, 1.165) is 12.4 Å². The number of hydrogen-bond donors (Lipinski definition) is 0. The summed E-state index contributed by atoms with van der Waals surface area (Å²) in [5, 5.41) is 0. The summed E-state index contributed by atoms with van der Waals surface area (Å²) in [5.74, 6) is 1.59. The van der Waals surface area contributed by atoms with Crippen LogP contribution in [-0.2, 0) is 4.74 Å². The molecule has 0 aliphatic carbocycles. The predicted molar refractivity (Wildman–Crippen MR) is 51.6 cm³/mol. The minimum absolute atomic E-state index is 0.600. The predicted octanol–water partition coefficient (Wildman–Crippen LogP) is 2.63. The minimum Gasteiger partial charge on any atom is -0.484 e. The van der Waals surface area contributed by atoms with Crippen LogP contribution < -0.4 is 0 Å². The summed E-state index contributed by atoms with van der Waals surface area (Å²) in [7, 11) is 1.74. The van der Waals surface area contributed by atoms with Crippen LogP contribution in [0.3, 0.4) is 0 Å². The molecule has 0 saturated carbocycles. The van der Waals surface area contributed by atoms with Gasteiger partial charge in [-0.05, 0) is 19.3 Å². The SMILES string of the molecule is CCCC1CCCCN=C1OC. The lowest BCUT2D eigenvalue weighted by Gasteiger charge is -2.14. The van der Waals surface area contributed by atoms with Gasteiger partial charge in [0, 0.05) is 12.5 Å². The minimum atomic E-state index is 0.600. The average molecular weight is 169 g/mol. The Balaban J connectivity index is 2.52. The third-order valence-corrected chi connectivity index (χ3v) is 2.42. The van der Waals surface area contributed by atoms with Crippen molar-refractivity contribution in [3.05, 3.63) is 0 Å². The zero-order valence-corrected chi connectivity index (χ0v) is 8.18. The quantitative estimate of drug-likeness (QED) is 0.622. The van der Waals surface area contributed by atoms with Gasteiger partial charge in [0.2, 0.25) is 0 Å². The van der Waals surface area contributed by atoms with Gasteiger partial charge in [0.05, 0.1) is 7.11 Å². The highest BCUT2D eigenvalue weighted by molar-refractivity contribution is 5.78. The maximum absolute atomic E-state index is 5.29. The van der Waals surface area contributed by atoms with Gasteiger partial charge < -0.3 is 4.74 Å². The Labute approximate surface area is 75.0 Å².